The summed E-state index contributed by atoms with van der Waals surface area (Å²) >= 11 is 5.30. The highest BCUT2D eigenvalue weighted by molar-refractivity contribution is 7.71. The van der Waals surface area contributed by atoms with Crippen LogP contribution in [0, 0.1) is 10.6 Å². The topological polar surface area (TPSA) is 53.8 Å². The predicted molar refractivity (Wildman–Crippen MR) is 93.3 cm³/mol. The standard InChI is InChI=1S/C18H12FN3OS/c19-13-5-7-14(8-6-13)22-17(20-21-18(22)24)15-9-11-3-1-2-4-12(11)10-16(15)23/h1-10,23H,(H,21,24). The van der Waals surface area contributed by atoms with E-state index in [9.17, 15) is 9.50 Å². The van der Waals surface area contributed by atoms with Gasteiger partial charge in [0.2, 0.25) is 0 Å². The summed E-state index contributed by atoms with van der Waals surface area (Å²) in [5.74, 6) is 0.241. The lowest BCUT2D eigenvalue weighted by molar-refractivity contribution is 0.477. The van der Waals surface area contributed by atoms with Gasteiger partial charge < -0.3 is 5.11 Å². The zero-order valence-electron chi connectivity index (χ0n) is 12.4. The van der Waals surface area contributed by atoms with Crippen LogP contribution in [-0.2, 0) is 0 Å². The number of H-pyrrole nitrogens is 1. The van der Waals surface area contributed by atoms with Crippen LogP contribution in [0.1, 0.15) is 0 Å². The summed E-state index contributed by atoms with van der Waals surface area (Å²) in [5, 5.41) is 19.3. The number of nitrogens with zero attached hydrogens (tertiary/aromatic N) is 2. The normalized spacial score (nSPS) is 11.0. The maximum absolute atomic E-state index is 13.2. The van der Waals surface area contributed by atoms with Crippen LogP contribution in [0.3, 0.4) is 0 Å². The Labute approximate surface area is 141 Å². The van der Waals surface area contributed by atoms with E-state index in [0.717, 1.165) is 10.8 Å². The second-order valence-corrected chi connectivity index (χ2v) is 5.77. The largest absolute Gasteiger partial charge is 0.507 e. The molecule has 2 N–H and O–H groups in total. The van der Waals surface area contributed by atoms with Gasteiger partial charge in [-0.15, -0.1) is 0 Å². The van der Waals surface area contributed by atoms with Gasteiger partial charge in [0.05, 0.1) is 11.3 Å². The van der Waals surface area contributed by atoms with Crippen molar-refractivity contribution in [3.63, 3.8) is 0 Å². The number of aromatic amines is 1. The van der Waals surface area contributed by atoms with Gasteiger partial charge in [-0.1, -0.05) is 24.3 Å². The Morgan fingerprint density at radius 3 is 2.38 bits per heavy atom. The second-order valence-electron chi connectivity index (χ2n) is 5.38. The Morgan fingerprint density at radius 2 is 1.67 bits per heavy atom. The Kier molecular flexibility index (Phi) is 3.39. The Hall–Kier alpha value is -2.99. The van der Waals surface area contributed by atoms with E-state index in [1.807, 2.05) is 30.3 Å². The molecule has 0 aliphatic heterocycles. The van der Waals surface area contributed by atoms with Gasteiger partial charge in [-0.25, -0.2) is 4.39 Å². The van der Waals surface area contributed by atoms with Crippen LogP contribution < -0.4 is 0 Å². The summed E-state index contributed by atoms with van der Waals surface area (Å²) in [5.41, 5.74) is 1.21. The van der Waals surface area contributed by atoms with Crippen LogP contribution in [-0.4, -0.2) is 19.9 Å². The number of aromatic nitrogens is 3. The Bertz CT molecular complexity index is 1100. The molecule has 0 atom stereocenters. The van der Waals surface area contributed by atoms with Gasteiger partial charge in [0.1, 0.15) is 11.6 Å². The van der Waals surface area contributed by atoms with Crippen molar-refractivity contribution in [2.45, 2.75) is 0 Å². The average molecular weight is 337 g/mol. The van der Waals surface area contributed by atoms with Crippen molar-refractivity contribution in [1.82, 2.24) is 14.8 Å². The monoisotopic (exact) mass is 337 g/mol. The molecule has 0 aliphatic rings. The molecule has 24 heavy (non-hydrogen) atoms. The fourth-order valence-electron chi connectivity index (χ4n) is 2.71. The summed E-state index contributed by atoms with van der Waals surface area (Å²) in [6.07, 6.45) is 0. The fraction of sp³-hybridized carbons (Fsp3) is 0. The fourth-order valence-corrected chi connectivity index (χ4v) is 2.95. The third kappa shape index (κ3) is 2.37. The van der Waals surface area contributed by atoms with E-state index < -0.39 is 0 Å². The molecule has 4 nitrogen and oxygen atoms in total. The smallest absolute Gasteiger partial charge is 0.200 e. The number of benzene rings is 3. The molecule has 118 valence electrons. The van der Waals surface area contributed by atoms with Crippen LogP contribution in [0.25, 0.3) is 27.8 Å². The Morgan fingerprint density at radius 1 is 1.00 bits per heavy atom. The minimum absolute atomic E-state index is 0.103. The van der Waals surface area contributed by atoms with Crippen LogP contribution in [0.2, 0.25) is 0 Å². The highest BCUT2D eigenvalue weighted by Gasteiger charge is 2.15. The molecule has 0 radical (unpaired) electrons. The van der Waals surface area contributed by atoms with Gasteiger partial charge in [-0.05, 0) is 59.4 Å². The molecule has 0 spiro atoms. The number of halogens is 1. The first-order chi connectivity index (χ1) is 11.6. The SMILES string of the molecule is Oc1cc2ccccc2cc1-c1n[nH]c(=S)n1-c1ccc(F)cc1. The van der Waals surface area contributed by atoms with Crippen molar-refractivity contribution < 1.29 is 9.50 Å². The van der Waals surface area contributed by atoms with Gasteiger partial charge in [-0.3, -0.25) is 9.67 Å². The number of hydrogen-bond acceptors (Lipinski definition) is 3. The predicted octanol–water partition coefficient (Wildman–Crippen LogP) is 4.59. The molecule has 0 unspecified atom stereocenters. The molecule has 0 saturated carbocycles. The van der Waals surface area contributed by atoms with E-state index in [1.54, 1.807) is 22.8 Å². The van der Waals surface area contributed by atoms with Gasteiger partial charge in [0.25, 0.3) is 0 Å². The van der Waals surface area contributed by atoms with Crippen molar-refractivity contribution >= 4 is 23.0 Å². The van der Waals surface area contributed by atoms with Crippen LogP contribution in [0.4, 0.5) is 4.39 Å². The lowest BCUT2D eigenvalue weighted by atomic mass is 10.1. The molecule has 0 amide bonds. The minimum Gasteiger partial charge on any atom is -0.507 e. The molecule has 1 heterocycles. The summed E-state index contributed by atoms with van der Waals surface area (Å²) in [7, 11) is 0. The van der Waals surface area contributed by atoms with Crippen LogP contribution >= 0.6 is 12.2 Å². The molecule has 3 aromatic carbocycles. The average Bonchev–Trinajstić information content (AvgIpc) is 2.96. The number of fused-ring (bicyclic) bond motifs is 1. The molecule has 4 aromatic rings. The zero-order chi connectivity index (χ0) is 16.7. The minimum atomic E-state index is -0.330. The number of rotatable bonds is 2. The molecule has 6 heteroatoms. The first kappa shape index (κ1) is 14.6. The maximum atomic E-state index is 13.2. The van der Waals surface area contributed by atoms with Gasteiger partial charge >= 0.3 is 0 Å². The quantitative estimate of drug-likeness (QED) is 0.526. The number of hydrogen-bond donors (Lipinski definition) is 2. The summed E-state index contributed by atoms with van der Waals surface area (Å²) in [6.45, 7) is 0. The van der Waals surface area contributed by atoms with Crippen molar-refractivity contribution in [2.24, 2.45) is 0 Å². The van der Waals surface area contributed by atoms with E-state index >= 15 is 0 Å². The van der Waals surface area contributed by atoms with E-state index in [-0.39, 0.29) is 11.6 Å². The Balaban J connectivity index is 1.97. The first-order valence-corrected chi connectivity index (χ1v) is 7.70. The van der Waals surface area contributed by atoms with Crippen LogP contribution in [0.15, 0.2) is 60.7 Å². The number of aromatic hydroxyl groups is 1. The second kappa shape index (κ2) is 5.58. The lowest BCUT2D eigenvalue weighted by Crippen LogP contribution is -1.98. The van der Waals surface area contributed by atoms with Crippen molar-refractivity contribution in [3.05, 3.63) is 71.3 Å². The molecule has 0 saturated heterocycles. The summed E-state index contributed by atoms with van der Waals surface area (Å²) in [6, 6.07) is 17.2. The molecule has 0 fully saturated rings. The third-order valence-electron chi connectivity index (χ3n) is 3.86. The summed E-state index contributed by atoms with van der Waals surface area (Å²) in [4.78, 5) is 0. The number of phenols is 1. The van der Waals surface area contributed by atoms with E-state index in [0.29, 0.717) is 21.8 Å². The van der Waals surface area contributed by atoms with Crippen molar-refractivity contribution in [1.29, 1.82) is 0 Å². The number of phenolic OH excluding ortho intramolecular Hbond substituents is 1. The van der Waals surface area contributed by atoms with Gasteiger partial charge in [0, 0.05) is 0 Å². The van der Waals surface area contributed by atoms with E-state index in [1.165, 1.54) is 12.1 Å². The molecule has 0 aliphatic carbocycles. The highest BCUT2D eigenvalue weighted by atomic mass is 32.1. The van der Waals surface area contributed by atoms with Gasteiger partial charge in [0.15, 0.2) is 10.6 Å². The van der Waals surface area contributed by atoms with Crippen LogP contribution in [0.5, 0.6) is 5.75 Å². The number of nitrogens with one attached hydrogen (secondary N) is 1. The summed E-state index contributed by atoms with van der Waals surface area (Å²) < 4.78 is 15.2. The first-order valence-electron chi connectivity index (χ1n) is 7.29. The molecular weight excluding hydrogens is 325 g/mol. The lowest BCUT2D eigenvalue weighted by Gasteiger charge is -2.09. The maximum Gasteiger partial charge on any atom is 0.200 e. The van der Waals surface area contributed by atoms with Crippen molar-refractivity contribution in [3.8, 4) is 22.8 Å². The van der Waals surface area contributed by atoms with Gasteiger partial charge in [-0.2, -0.15) is 5.10 Å². The van der Waals surface area contributed by atoms with E-state index in [2.05, 4.69) is 10.2 Å². The zero-order valence-corrected chi connectivity index (χ0v) is 13.2. The molecule has 1 aromatic heterocycles. The molecular formula is C18H12FN3OS. The third-order valence-corrected chi connectivity index (χ3v) is 4.14. The van der Waals surface area contributed by atoms with E-state index in [4.69, 9.17) is 12.2 Å². The molecule has 0 bridgehead atoms. The highest BCUT2D eigenvalue weighted by Crippen LogP contribution is 2.33. The molecule has 4 rings (SSSR count). The van der Waals surface area contributed by atoms with Crippen molar-refractivity contribution in [2.75, 3.05) is 0 Å².